The lowest BCUT2D eigenvalue weighted by Crippen LogP contribution is -2.11. The Kier molecular flexibility index (Phi) is 3.49. The summed E-state index contributed by atoms with van der Waals surface area (Å²) in [7, 11) is 1.45. The van der Waals surface area contributed by atoms with Gasteiger partial charge in [-0.25, -0.2) is 0 Å². The molecule has 0 aromatic heterocycles. The maximum atomic E-state index is 9.34. The van der Waals surface area contributed by atoms with E-state index in [2.05, 4.69) is 0 Å². The highest BCUT2D eigenvalue weighted by Crippen LogP contribution is 2.08. The molecule has 0 aromatic carbocycles. The smallest absolute Gasteiger partial charge is 0.180 e. The number of aliphatic hydroxyl groups excluding tert-OH is 1. The number of aliphatic hydroxyl groups is 1. The van der Waals surface area contributed by atoms with Gasteiger partial charge in [0.05, 0.1) is 0 Å². The number of methoxy groups -OCH3 is 1. The van der Waals surface area contributed by atoms with E-state index in [0.717, 1.165) is 0 Å². The molecule has 1 aliphatic carbocycles. The predicted octanol–water partition coefficient (Wildman–Crippen LogP) is 0.846. The van der Waals surface area contributed by atoms with E-state index in [1.807, 2.05) is 0 Å². The van der Waals surface area contributed by atoms with Crippen molar-refractivity contribution in [3.63, 3.8) is 0 Å². The molecule has 0 saturated carbocycles. The van der Waals surface area contributed by atoms with Crippen LogP contribution in [-0.4, -0.2) is 18.5 Å². The average Bonchev–Trinajstić information content (AvgIpc) is 2.10. The van der Waals surface area contributed by atoms with Gasteiger partial charge in [-0.3, -0.25) is 0 Å². The van der Waals surface area contributed by atoms with Gasteiger partial charge >= 0.3 is 0 Å². The van der Waals surface area contributed by atoms with Gasteiger partial charge in [0.1, 0.15) is 0 Å². The zero-order chi connectivity index (χ0) is 9.68. The fraction of sp³-hybridized carbons (Fsp3) is 0.200. The number of hydrogen-bond donors (Lipinski definition) is 2. The second-order valence-electron chi connectivity index (χ2n) is 2.64. The zero-order valence-corrected chi connectivity index (χ0v) is 7.47. The van der Waals surface area contributed by atoms with Gasteiger partial charge in [0.15, 0.2) is 6.29 Å². The van der Waals surface area contributed by atoms with Gasteiger partial charge in [-0.15, -0.1) is 0 Å². The average molecular weight is 179 g/mol. The molecule has 0 saturated heterocycles. The Balaban J connectivity index is 2.80. The van der Waals surface area contributed by atoms with Crippen molar-refractivity contribution >= 4 is 0 Å². The Labute approximate surface area is 77.5 Å². The summed E-state index contributed by atoms with van der Waals surface area (Å²) >= 11 is 0. The van der Waals surface area contributed by atoms with E-state index in [1.165, 1.54) is 7.11 Å². The van der Waals surface area contributed by atoms with E-state index in [1.54, 1.807) is 36.5 Å². The van der Waals surface area contributed by atoms with Crippen LogP contribution in [-0.2, 0) is 4.74 Å². The van der Waals surface area contributed by atoms with Crippen molar-refractivity contribution in [3.8, 4) is 0 Å². The quantitative estimate of drug-likeness (QED) is 0.618. The predicted molar refractivity (Wildman–Crippen MR) is 51.6 cm³/mol. The summed E-state index contributed by atoms with van der Waals surface area (Å²) < 4.78 is 4.76. The molecule has 0 aromatic rings. The van der Waals surface area contributed by atoms with Gasteiger partial charge in [-0.1, -0.05) is 24.3 Å². The second kappa shape index (κ2) is 4.64. The topological polar surface area (TPSA) is 55.5 Å². The molecule has 3 heteroatoms. The lowest BCUT2D eigenvalue weighted by Gasteiger charge is -2.09. The molecule has 0 amide bonds. The number of nitrogens with two attached hydrogens (primary N) is 1. The lowest BCUT2D eigenvalue weighted by atomic mass is 10.1. The highest BCUT2D eigenvalue weighted by atomic mass is 16.6. The summed E-state index contributed by atoms with van der Waals surface area (Å²) in [6.07, 6.45) is 9.68. The maximum absolute atomic E-state index is 9.34. The minimum absolute atomic E-state index is 0.679. The van der Waals surface area contributed by atoms with Gasteiger partial charge in [0.25, 0.3) is 0 Å². The van der Waals surface area contributed by atoms with Crippen molar-refractivity contribution in [1.29, 1.82) is 0 Å². The Bertz CT molecular complexity index is 287. The van der Waals surface area contributed by atoms with Crippen LogP contribution in [0.4, 0.5) is 0 Å². The maximum Gasteiger partial charge on any atom is 0.180 e. The van der Waals surface area contributed by atoms with Crippen molar-refractivity contribution < 1.29 is 9.84 Å². The summed E-state index contributed by atoms with van der Waals surface area (Å²) in [5.41, 5.74) is 6.93. The van der Waals surface area contributed by atoms with Crippen molar-refractivity contribution in [1.82, 2.24) is 0 Å². The molecule has 1 unspecified atom stereocenters. The molecule has 0 heterocycles. The molecule has 0 aliphatic heterocycles. The van der Waals surface area contributed by atoms with E-state index in [-0.39, 0.29) is 0 Å². The van der Waals surface area contributed by atoms with E-state index in [4.69, 9.17) is 10.5 Å². The largest absolute Gasteiger partial charge is 0.399 e. The van der Waals surface area contributed by atoms with Crippen LogP contribution in [0.1, 0.15) is 0 Å². The molecule has 70 valence electrons. The van der Waals surface area contributed by atoms with Crippen LogP contribution in [0, 0.1) is 0 Å². The molecule has 1 atom stereocenters. The first kappa shape index (κ1) is 9.77. The third-order valence-corrected chi connectivity index (χ3v) is 1.66. The van der Waals surface area contributed by atoms with Crippen molar-refractivity contribution in [2.45, 2.75) is 6.29 Å². The second-order valence-corrected chi connectivity index (χ2v) is 2.64. The first-order chi connectivity index (χ1) is 6.24. The molecule has 1 aliphatic rings. The molecular weight excluding hydrogens is 166 g/mol. The standard InChI is InChI=1S/C10H13NO2/c1-13-10(12)8-4-2-6-9(11)7-3-5-8/h2-7,10,12H,11H2,1H3/b4-2-,5-3?,6-2?,7-3-,8-4?,8-5+,9-6+,9-7?. The molecule has 3 N–H and O–H groups in total. The fourth-order valence-electron chi connectivity index (χ4n) is 0.952. The molecule has 13 heavy (non-hydrogen) atoms. The van der Waals surface area contributed by atoms with Crippen LogP contribution in [0.15, 0.2) is 47.7 Å². The molecule has 0 radical (unpaired) electrons. The highest BCUT2D eigenvalue weighted by Gasteiger charge is 2.04. The van der Waals surface area contributed by atoms with Crippen LogP contribution in [0.3, 0.4) is 0 Å². The monoisotopic (exact) mass is 179 g/mol. The highest BCUT2D eigenvalue weighted by molar-refractivity contribution is 5.35. The fourth-order valence-corrected chi connectivity index (χ4v) is 0.952. The Hall–Kier alpha value is -1.32. The molecule has 0 spiro atoms. The van der Waals surface area contributed by atoms with E-state index < -0.39 is 6.29 Å². The number of hydrogen-bond acceptors (Lipinski definition) is 3. The first-order valence-corrected chi connectivity index (χ1v) is 3.97. The van der Waals surface area contributed by atoms with Crippen LogP contribution < -0.4 is 5.73 Å². The third kappa shape index (κ3) is 2.89. The SMILES string of the molecule is COC(O)C1=C/C=C\C(N)=C/C=C\1. The van der Waals surface area contributed by atoms with Crippen molar-refractivity contribution in [2.24, 2.45) is 5.73 Å². The minimum atomic E-state index is -0.881. The lowest BCUT2D eigenvalue weighted by molar-refractivity contribution is -0.0420. The number of ether oxygens (including phenoxy) is 1. The van der Waals surface area contributed by atoms with Crippen LogP contribution in [0.2, 0.25) is 0 Å². The van der Waals surface area contributed by atoms with Crippen molar-refractivity contribution in [2.75, 3.05) is 7.11 Å². The van der Waals surface area contributed by atoms with Gasteiger partial charge in [-0.05, 0) is 12.2 Å². The van der Waals surface area contributed by atoms with Crippen LogP contribution >= 0.6 is 0 Å². The van der Waals surface area contributed by atoms with Crippen molar-refractivity contribution in [3.05, 3.63) is 47.7 Å². The van der Waals surface area contributed by atoms with Gasteiger partial charge in [-0.2, -0.15) is 0 Å². The normalized spacial score (nSPS) is 31.5. The first-order valence-electron chi connectivity index (χ1n) is 3.97. The number of allylic oxidation sites excluding steroid dienone is 5. The Morgan fingerprint density at radius 2 is 2.00 bits per heavy atom. The summed E-state index contributed by atoms with van der Waals surface area (Å²) in [6, 6.07) is 0. The van der Waals surface area contributed by atoms with E-state index in [0.29, 0.717) is 11.3 Å². The summed E-state index contributed by atoms with van der Waals surface area (Å²) in [5.74, 6) is 0. The van der Waals surface area contributed by atoms with E-state index in [9.17, 15) is 5.11 Å². The van der Waals surface area contributed by atoms with Crippen LogP contribution in [0.5, 0.6) is 0 Å². The number of rotatable bonds is 2. The summed E-state index contributed by atoms with van der Waals surface area (Å²) in [5, 5.41) is 9.34. The van der Waals surface area contributed by atoms with Crippen LogP contribution in [0.25, 0.3) is 0 Å². The van der Waals surface area contributed by atoms with Gasteiger partial charge < -0.3 is 15.6 Å². The molecule has 0 fully saturated rings. The van der Waals surface area contributed by atoms with Gasteiger partial charge in [0.2, 0.25) is 0 Å². The Morgan fingerprint density at radius 1 is 1.31 bits per heavy atom. The Morgan fingerprint density at radius 3 is 2.69 bits per heavy atom. The summed E-state index contributed by atoms with van der Waals surface area (Å²) in [4.78, 5) is 0. The molecule has 0 bridgehead atoms. The van der Waals surface area contributed by atoms with Gasteiger partial charge in [0, 0.05) is 18.4 Å². The third-order valence-electron chi connectivity index (χ3n) is 1.66. The molecular formula is C10H13NO2. The zero-order valence-electron chi connectivity index (χ0n) is 7.47. The summed E-state index contributed by atoms with van der Waals surface area (Å²) in [6.45, 7) is 0. The van der Waals surface area contributed by atoms with E-state index >= 15 is 0 Å². The molecule has 3 nitrogen and oxygen atoms in total. The molecule has 1 rings (SSSR count). The minimum Gasteiger partial charge on any atom is -0.399 e.